The maximum Gasteiger partial charge on any atom is 0.341 e. The van der Waals surface area contributed by atoms with E-state index >= 15 is 0 Å². The van der Waals surface area contributed by atoms with Crippen molar-refractivity contribution in [2.45, 2.75) is 18.8 Å². The zero-order valence-corrected chi connectivity index (χ0v) is 15.7. The number of ether oxygens (including phenoxy) is 2. The van der Waals surface area contributed by atoms with Crippen molar-refractivity contribution < 1.29 is 23.9 Å². The number of amides is 1. The van der Waals surface area contributed by atoms with Gasteiger partial charge in [-0.15, -0.1) is 11.3 Å². The number of halogens is 1. The first kappa shape index (κ1) is 18.4. The molecular weight excluding hydrogens is 378 g/mol. The molecule has 26 heavy (non-hydrogen) atoms. The molecule has 1 aromatic heterocycles. The van der Waals surface area contributed by atoms with Crippen molar-refractivity contribution in [3.8, 4) is 0 Å². The molecule has 0 radical (unpaired) electrons. The van der Waals surface area contributed by atoms with Crippen LogP contribution in [0, 0.1) is 0 Å². The average molecular weight is 394 g/mol. The highest BCUT2D eigenvalue weighted by Gasteiger charge is 2.38. The maximum absolute atomic E-state index is 12.6. The van der Waals surface area contributed by atoms with Crippen molar-refractivity contribution in [2.24, 2.45) is 0 Å². The molecule has 0 fully saturated rings. The molecule has 0 saturated heterocycles. The van der Waals surface area contributed by atoms with Crippen LogP contribution in [-0.2, 0) is 20.7 Å². The topological polar surface area (TPSA) is 81.7 Å². The predicted molar refractivity (Wildman–Crippen MR) is 98.1 cm³/mol. The monoisotopic (exact) mass is 393 g/mol. The lowest BCUT2D eigenvalue weighted by Gasteiger charge is -2.12. The fourth-order valence-electron chi connectivity index (χ4n) is 3.05. The molecule has 1 aliphatic carbocycles. The summed E-state index contributed by atoms with van der Waals surface area (Å²) >= 11 is 7.33. The summed E-state index contributed by atoms with van der Waals surface area (Å²) in [6.07, 6.45) is 1.20. The predicted octanol–water partition coefficient (Wildman–Crippen LogP) is 3.64. The van der Waals surface area contributed by atoms with Gasteiger partial charge in [0.25, 0.3) is 5.91 Å². The van der Waals surface area contributed by atoms with Crippen LogP contribution in [0.1, 0.15) is 43.5 Å². The third-order valence-electron chi connectivity index (χ3n) is 4.25. The van der Waals surface area contributed by atoms with Gasteiger partial charge in [-0.05, 0) is 30.5 Å². The van der Waals surface area contributed by atoms with Gasteiger partial charge in [0.1, 0.15) is 5.00 Å². The Balaban J connectivity index is 2.01. The highest BCUT2D eigenvalue weighted by Crippen LogP contribution is 2.46. The number of nitrogens with one attached hydrogen (secondary N) is 1. The average Bonchev–Trinajstić information content (AvgIpc) is 3.19. The van der Waals surface area contributed by atoms with Crippen molar-refractivity contribution in [1.82, 2.24) is 0 Å². The van der Waals surface area contributed by atoms with Crippen LogP contribution in [-0.4, -0.2) is 32.1 Å². The number of carbonyl (C=O) groups excluding carboxylic acids is 3. The standard InChI is InChI=1S/C18H16ClNO5S/c1-24-17(22)10-7-8-12-13(10)14(18(23)25-2)16(26-12)20-15(21)9-5-3-4-6-11(9)19/h3-6,10H,7-8H2,1-2H3,(H,20,21). The van der Waals surface area contributed by atoms with Crippen molar-refractivity contribution in [2.75, 3.05) is 19.5 Å². The van der Waals surface area contributed by atoms with Gasteiger partial charge in [-0.2, -0.15) is 0 Å². The third-order valence-corrected chi connectivity index (χ3v) is 5.76. The van der Waals surface area contributed by atoms with Crippen molar-refractivity contribution in [3.63, 3.8) is 0 Å². The Kier molecular flexibility index (Phi) is 5.29. The zero-order valence-electron chi connectivity index (χ0n) is 14.1. The summed E-state index contributed by atoms with van der Waals surface area (Å²) in [6, 6.07) is 6.62. The Bertz CT molecular complexity index is 892. The summed E-state index contributed by atoms with van der Waals surface area (Å²) in [7, 11) is 2.57. The molecule has 1 aromatic carbocycles. The quantitative estimate of drug-likeness (QED) is 0.802. The molecule has 1 unspecified atom stereocenters. The fraction of sp³-hybridized carbons (Fsp3) is 0.278. The smallest absolute Gasteiger partial charge is 0.341 e. The van der Waals surface area contributed by atoms with Gasteiger partial charge in [-0.25, -0.2) is 4.79 Å². The summed E-state index contributed by atoms with van der Waals surface area (Å²) in [4.78, 5) is 37.8. The molecule has 6 nitrogen and oxygen atoms in total. The Morgan fingerprint density at radius 3 is 2.58 bits per heavy atom. The second-order valence-electron chi connectivity index (χ2n) is 5.68. The van der Waals surface area contributed by atoms with Crippen LogP contribution >= 0.6 is 22.9 Å². The van der Waals surface area contributed by atoms with E-state index in [1.165, 1.54) is 25.6 Å². The summed E-state index contributed by atoms with van der Waals surface area (Å²) in [6.45, 7) is 0. The van der Waals surface area contributed by atoms with E-state index in [2.05, 4.69) is 5.32 Å². The highest BCUT2D eigenvalue weighted by molar-refractivity contribution is 7.17. The van der Waals surface area contributed by atoms with E-state index < -0.39 is 23.8 Å². The fourth-order valence-corrected chi connectivity index (χ4v) is 4.53. The molecule has 0 bridgehead atoms. The number of carbonyl (C=O) groups is 3. The third kappa shape index (κ3) is 3.20. The summed E-state index contributed by atoms with van der Waals surface area (Å²) in [5.74, 6) is -1.98. The SMILES string of the molecule is COC(=O)c1c(NC(=O)c2ccccc2Cl)sc2c1C(C(=O)OC)CC2. The first-order valence-corrected chi connectivity index (χ1v) is 9.05. The van der Waals surface area contributed by atoms with E-state index in [0.717, 1.165) is 4.88 Å². The number of methoxy groups -OCH3 is 2. The van der Waals surface area contributed by atoms with E-state index in [-0.39, 0.29) is 5.56 Å². The Morgan fingerprint density at radius 2 is 1.92 bits per heavy atom. The van der Waals surface area contributed by atoms with E-state index in [4.69, 9.17) is 21.1 Å². The van der Waals surface area contributed by atoms with E-state index in [9.17, 15) is 14.4 Å². The van der Waals surface area contributed by atoms with E-state index in [1.54, 1.807) is 24.3 Å². The molecule has 1 atom stereocenters. The van der Waals surface area contributed by atoms with Crippen LogP contribution < -0.4 is 5.32 Å². The van der Waals surface area contributed by atoms with Crippen molar-refractivity contribution in [1.29, 1.82) is 0 Å². The second kappa shape index (κ2) is 7.47. The number of hydrogen-bond donors (Lipinski definition) is 1. The van der Waals surface area contributed by atoms with Gasteiger partial charge in [0, 0.05) is 4.88 Å². The van der Waals surface area contributed by atoms with Gasteiger partial charge in [-0.1, -0.05) is 23.7 Å². The number of hydrogen-bond acceptors (Lipinski definition) is 6. The number of fused-ring (bicyclic) bond motifs is 1. The van der Waals surface area contributed by atoms with Crippen LogP contribution in [0.4, 0.5) is 5.00 Å². The first-order chi connectivity index (χ1) is 12.5. The zero-order chi connectivity index (χ0) is 18.8. The van der Waals surface area contributed by atoms with Gasteiger partial charge in [0.15, 0.2) is 0 Å². The number of aryl methyl sites for hydroxylation is 1. The molecule has 3 rings (SSSR count). The molecule has 1 N–H and O–H groups in total. The number of thiophene rings is 1. The Hall–Kier alpha value is -2.38. The van der Waals surface area contributed by atoms with Gasteiger partial charge in [0.05, 0.1) is 36.3 Å². The summed E-state index contributed by atoms with van der Waals surface area (Å²) in [5, 5.41) is 3.39. The maximum atomic E-state index is 12.6. The minimum atomic E-state index is -0.604. The minimum absolute atomic E-state index is 0.209. The molecule has 2 aromatic rings. The molecule has 1 aliphatic rings. The van der Waals surface area contributed by atoms with E-state index in [0.29, 0.717) is 34.0 Å². The normalized spacial score (nSPS) is 15.3. The molecule has 0 spiro atoms. The first-order valence-electron chi connectivity index (χ1n) is 7.85. The largest absolute Gasteiger partial charge is 0.469 e. The molecule has 0 aliphatic heterocycles. The lowest BCUT2D eigenvalue weighted by molar-refractivity contribution is -0.142. The van der Waals surface area contributed by atoms with Gasteiger partial charge >= 0.3 is 11.9 Å². The van der Waals surface area contributed by atoms with Crippen LogP contribution in [0.25, 0.3) is 0 Å². The van der Waals surface area contributed by atoms with Crippen LogP contribution in [0.5, 0.6) is 0 Å². The second-order valence-corrected chi connectivity index (χ2v) is 7.20. The Labute approximate surface area is 159 Å². The minimum Gasteiger partial charge on any atom is -0.469 e. The molecule has 1 amide bonds. The molecular formula is C18H16ClNO5S. The van der Waals surface area contributed by atoms with Crippen molar-refractivity contribution in [3.05, 3.63) is 50.9 Å². The van der Waals surface area contributed by atoms with Crippen molar-refractivity contribution >= 4 is 45.8 Å². The van der Waals surface area contributed by atoms with Gasteiger partial charge in [0.2, 0.25) is 0 Å². The number of benzene rings is 1. The number of esters is 2. The van der Waals surface area contributed by atoms with Crippen LogP contribution in [0.2, 0.25) is 5.02 Å². The van der Waals surface area contributed by atoms with Crippen LogP contribution in [0.15, 0.2) is 24.3 Å². The molecule has 1 heterocycles. The molecule has 8 heteroatoms. The van der Waals surface area contributed by atoms with Gasteiger partial charge < -0.3 is 14.8 Å². The summed E-state index contributed by atoms with van der Waals surface area (Å²) < 4.78 is 9.72. The lowest BCUT2D eigenvalue weighted by Crippen LogP contribution is -2.17. The summed E-state index contributed by atoms with van der Waals surface area (Å²) in [5.41, 5.74) is 1.09. The Morgan fingerprint density at radius 1 is 1.19 bits per heavy atom. The van der Waals surface area contributed by atoms with Crippen LogP contribution in [0.3, 0.4) is 0 Å². The highest BCUT2D eigenvalue weighted by atomic mass is 35.5. The number of rotatable bonds is 4. The van der Waals surface area contributed by atoms with Gasteiger partial charge in [-0.3, -0.25) is 9.59 Å². The molecule has 136 valence electrons. The molecule has 0 saturated carbocycles. The lowest BCUT2D eigenvalue weighted by atomic mass is 9.99. The van der Waals surface area contributed by atoms with E-state index in [1.807, 2.05) is 0 Å². The number of anilines is 1.